The Morgan fingerprint density at radius 2 is 1.78 bits per heavy atom. The summed E-state index contributed by atoms with van der Waals surface area (Å²) in [7, 11) is 0. The zero-order valence-corrected chi connectivity index (χ0v) is 12.2. The zero-order valence-electron chi connectivity index (χ0n) is 12.2. The van der Waals surface area contributed by atoms with Crippen molar-refractivity contribution in [2.75, 3.05) is 26.4 Å². The molecule has 1 saturated carbocycles. The standard InChI is InChI=1S/C15H29NO2/c1-12(2)17-10-15-9-14(15)8-13(3)18-11-16-6-4-5-7-16/h12-15H,4-11H2,1-3H3. The molecule has 0 aromatic rings. The van der Waals surface area contributed by atoms with Crippen LogP contribution in [0.25, 0.3) is 0 Å². The minimum absolute atomic E-state index is 0.370. The van der Waals surface area contributed by atoms with E-state index in [4.69, 9.17) is 9.47 Å². The Bertz CT molecular complexity index is 239. The van der Waals surface area contributed by atoms with Crippen molar-refractivity contribution in [3.8, 4) is 0 Å². The van der Waals surface area contributed by atoms with Crippen molar-refractivity contribution in [1.82, 2.24) is 4.90 Å². The van der Waals surface area contributed by atoms with Crippen LogP contribution in [0.4, 0.5) is 0 Å². The Morgan fingerprint density at radius 1 is 1.06 bits per heavy atom. The maximum absolute atomic E-state index is 5.94. The van der Waals surface area contributed by atoms with Crippen LogP contribution in [0.15, 0.2) is 0 Å². The molecule has 1 heterocycles. The fourth-order valence-electron chi connectivity index (χ4n) is 2.76. The van der Waals surface area contributed by atoms with Crippen molar-refractivity contribution >= 4 is 0 Å². The zero-order chi connectivity index (χ0) is 13.0. The topological polar surface area (TPSA) is 21.7 Å². The van der Waals surface area contributed by atoms with Crippen LogP contribution in [0.5, 0.6) is 0 Å². The third-order valence-corrected chi connectivity index (χ3v) is 4.09. The molecule has 1 aliphatic heterocycles. The summed E-state index contributed by atoms with van der Waals surface area (Å²) in [5.41, 5.74) is 0. The van der Waals surface area contributed by atoms with E-state index in [0.29, 0.717) is 12.2 Å². The molecule has 0 N–H and O–H groups in total. The summed E-state index contributed by atoms with van der Waals surface area (Å²) in [5, 5.41) is 0. The molecule has 3 nitrogen and oxygen atoms in total. The van der Waals surface area contributed by atoms with E-state index in [9.17, 15) is 0 Å². The summed E-state index contributed by atoms with van der Waals surface area (Å²) in [6.45, 7) is 10.7. The van der Waals surface area contributed by atoms with E-state index in [0.717, 1.165) is 25.2 Å². The lowest BCUT2D eigenvalue weighted by Crippen LogP contribution is -2.26. The molecule has 1 saturated heterocycles. The monoisotopic (exact) mass is 255 g/mol. The quantitative estimate of drug-likeness (QED) is 0.665. The van der Waals surface area contributed by atoms with Gasteiger partial charge in [-0.2, -0.15) is 0 Å². The summed E-state index contributed by atoms with van der Waals surface area (Å²) < 4.78 is 11.6. The van der Waals surface area contributed by atoms with Gasteiger partial charge in [-0.3, -0.25) is 4.90 Å². The highest BCUT2D eigenvalue weighted by Crippen LogP contribution is 2.42. The SMILES string of the molecule is CC(C)OCC1CC1CC(C)OCN1CCCC1. The summed E-state index contributed by atoms with van der Waals surface area (Å²) in [5.74, 6) is 1.64. The molecule has 0 bridgehead atoms. The maximum atomic E-state index is 5.94. The van der Waals surface area contributed by atoms with Gasteiger partial charge in [-0.15, -0.1) is 0 Å². The minimum Gasteiger partial charge on any atom is -0.378 e. The number of rotatable bonds is 8. The lowest BCUT2D eigenvalue weighted by Gasteiger charge is -2.19. The van der Waals surface area contributed by atoms with Crippen molar-refractivity contribution in [1.29, 1.82) is 0 Å². The molecular weight excluding hydrogens is 226 g/mol. The van der Waals surface area contributed by atoms with Gasteiger partial charge in [0.1, 0.15) is 0 Å². The summed E-state index contributed by atoms with van der Waals surface area (Å²) in [4.78, 5) is 2.42. The first-order valence-corrected chi connectivity index (χ1v) is 7.60. The number of ether oxygens (including phenoxy) is 2. The first kappa shape index (κ1) is 14.3. The second-order valence-corrected chi connectivity index (χ2v) is 6.31. The Kier molecular flexibility index (Phi) is 5.46. The summed E-state index contributed by atoms with van der Waals surface area (Å²) in [6.07, 6.45) is 6.00. The van der Waals surface area contributed by atoms with E-state index in [1.165, 1.54) is 38.8 Å². The van der Waals surface area contributed by atoms with Crippen LogP contribution < -0.4 is 0 Å². The largest absolute Gasteiger partial charge is 0.378 e. The lowest BCUT2D eigenvalue weighted by atomic mass is 10.2. The van der Waals surface area contributed by atoms with Gasteiger partial charge in [0.05, 0.1) is 25.5 Å². The number of likely N-dealkylation sites (tertiary alicyclic amines) is 1. The van der Waals surface area contributed by atoms with Crippen LogP contribution in [-0.2, 0) is 9.47 Å². The van der Waals surface area contributed by atoms with Gasteiger partial charge in [0.2, 0.25) is 0 Å². The normalized spacial score (nSPS) is 30.0. The van der Waals surface area contributed by atoms with Crippen molar-refractivity contribution < 1.29 is 9.47 Å². The number of hydrogen-bond acceptors (Lipinski definition) is 3. The average molecular weight is 255 g/mol. The molecule has 2 rings (SSSR count). The Balaban J connectivity index is 1.51. The molecule has 0 amide bonds. The smallest absolute Gasteiger partial charge is 0.0993 e. The highest BCUT2D eigenvalue weighted by Gasteiger charge is 2.38. The Labute approximate surface area is 112 Å². The van der Waals surface area contributed by atoms with Crippen molar-refractivity contribution in [2.24, 2.45) is 11.8 Å². The molecule has 18 heavy (non-hydrogen) atoms. The molecule has 2 fully saturated rings. The summed E-state index contributed by atoms with van der Waals surface area (Å²) in [6, 6.07) is 0. The second kappa shape index (κ2) is 6.88. The van der Waals surface area contributed by atoms with E-state index in [-0.39, 0.29) is 0 Å². The predicted molar refractivity (Wildman–Crippen MR) is 73.5 cm³/mol. The second-order valence-electron chi connectivity index (χ2n) is 6.31. The van der Waals surface area contributed by atoms with Gasteiger partial charge in [0.15, 0.2) is 0 Å². The fraction of sp³-hybridized carbons (Fsp3) is 1.00. The van der Waals surface area contributed by atoms with E-state index in [1.54, 1.807) is 0 Å². The first-order valence-electron chi connectivity index (χ1n) is 7.60. The van der Waals surface area contributed by atoms with Gasteiger partial charge in [-0.1, -0.05) is 0 Å². The molecule has 3 unspecified atom stereocenters. The third kappa shape index (κ3) is 4.87. The summed E-state index contributed by atoms with van der Waals surface area (Å²) >= 11 is 0. The van der Waals surface area contributed by atoms with Crippen LogP contribution >= 0.6 is 0 Å². The van der Waals surface area contributed by atoms with Gasteiger partial charge in [-0.25, -0.2) is 0 Å². The molecule has 2 aliphatic rings. The first-order chi connectivity index (χ1) is 8.65. The van der Waals surface area contributed by atoms with E-state index in [1.807, 2.05) is 0 Å². The van der Waals surface area contributed by atoms with Gasteiger partial charge in [-0.05, 0) is 58.3 Å². The maximum Gasteiger partial charge on any atom is 0.0993 e. The van der Waals surface area contributed by atoms with Gasteiger partial charge >= 0.3 is 0 Å². The predicted octanol–water partition coefficient (Wildman–Crippen LogP) is 2.90. The molecule has 3 atom stereocenters. The lowest BCUT2D eigenvalue weighted by molar-refractivity contribution is -0.0125. The van der Waals surface area contributed by atoms with Crippen LogP contribution in [0.3, 0.4) is 0 Å². The molecule has 106 valence electrons. The molecule has 3 heteroatoms. The van der Waals surface area contributed by atoms with Crippen LogP contribution in [0.2, 0.25) is 0 Å². The molecule has 1 aliphatic carbocycles. The number of nitrogens with zero attached hydrogens (tertiary/aromatic N) is 1. The molecule has 0 aromatic heterocycles. The van der Waals surface area contributed by atoms with Crippen molar-refractivity contribution in [2.45, 2.75) is 58.7 Å². The Hall–Kier alpha value is -0.120. The van der Waals surface area contributed by atoms with E-state index in [2.05, 4.69) is 25.7 Å². The van der Waals surface area contributed by atoms with Gasteiger partial charge in [0.25, 0.3) is 0 Å². The minimum atomic E-state index is 0.370. The van der Waals surface area contributed by atoms with E-state index < -0.39 is 0 Å². The van der Waals surface area contributed by atoms with E-state index >= 15 is 0 Å². The van der Waals surface area contributed by atoms with Crippen molar-refractivity contribution in [3.05, 3.63) is 0 Å². The average Bonchev–Trinajstić information content (AvgIpc) is 2.85. The van der Waals surface area contributed by atoms with Crippen LogP contribution in [0, 0.1) is 11.8 Å². The molecule has 0 spiro atoms. The highest BCUT2D eigenvalue weighted by molar-refractivity contribution is 4.87. The fourth-order valence-corrected chi connectivity index (χ4v) is 2.76. The third-order valence-electron chi connectivity index (χ3n) is 4.09. The van der Waals surface area contributed by atoms with Gasteiger partial charge in [0, 0.05) is 13.1 Å². The molecule has 0 radical (unpaired) electrons. The van der Waals surface area contributed by atoms with Gasteiger partial charge < -0.3 is 9.47 Å². The number of hydrogen-bond donors (Lipinski definition) is 0. The molecular formula is C15H29NO2. The van der Waals surface area contributed by atoms with Crippen LogP contribution in [0.1, 0.15) is 46.5 Å². The highest BCUT2D eigenvalue weighted by atomic mass is 16.5. The van der Waals surface area contributed by atoms with Crippen LogP contribution in [-0.4, -0.2) is 43.5 Å². The molecule has 0 aromatic carbocycles. The van der Waals surface area contributed by atoms with Crippen molar-refractivity contribution in [3.63, 3.8) is 0 Å². The Morgan fingerprint density at radius 3 is 2.44 bits per heavy atom.